The lowest BCUT2D eigenvalue weighted by Gasteiger charge is -2.29. The van der Waals surface area contributed by atoms with E-state index in [2.05, 4.69) is 52.5 Å². The molecule has 3 unspecified atom stereocenters. The van der Waals surface area contributed by atoms with Crippen molar-refractivity contribution >= 4 is 16.6 Å². The van der Waals surface area contributed by atoms with Gasteiger partial charge >= 0.3 is 0 Å². The minimum atomic E-state index is 0.667. The highest BCUT2D eigenvalue weighted by Gasteiger charge is 2.43. The molecule has 3 heterocycles. The fraction of sp³-hybridized carbons (Fsp3) is 0.471. The molecule has 3 heteroatoms. The third-order valence-corrected chi connectivity index (χ3v) is 5.07. The van der Waals surface area contributed by atoms with Crippen LogP contribution in [0.2, 0.25) is 0 Å². The summed E-state index contributed by atoms with van der Waals surface area (Å²) in [4.78, 5) is 7.14. The molecule has 2 fully saturated rings. The number of fused-ring (bicyclic) bond motifs is 2. The average molecular weight is 267 g/mol. The molecule has 1 aromatic carbocycles. The minimum absolute atomic E-state index is 0.667. The normalized spacial score (nSPS) is 29.1. The maximum atomic E-state index is 4.50. The Morgan fingerprint density at radius 2 is 2.15 bits per heavy atom. The Morgan fingerprint density at radius 3 is 3.05 bits per heavy atom. The molecule has 0 aliphatic carbocycles. The zero-order valence-electron chi connectivity index (χ0n) is 11.9. The Bertz CT molecular complexity index is 619. The molecule has 3 nitrogen and oxygen atoms in total. The number of pyridine rings is 1. The Balaban J connectivity index is 1.79. The van der Waals surface area contributed by atoms with Crippen molar-refractivity contribution in [3.8, 4) is 0 Å². The van der Waals surface area contributed by atoms with Gasteiger partial charge in [0.2, 0.25) is 0 Å². The molecule has 0 amide bonds. The summed E-state index contributed by atoms with van der Waals surface area (Å²) in [5.74, 6) is 1.62. The molecule has 1 N–H and O–H groups in total. The van der Waals surface area contributed by atoms with Crippen molar-refractivity contribution in [2.75, 3.05) is 24.5 Å². The highest BCUT2D eigenvalue weighted by Crippen LogP contribution is 2.39. The molecule has 2 aromatic rings. The molecular weight excluding hydrogens is 246 g/mol. The van der Waals surface area contributed by atoms with Gasteiger partial charge in [0.1, 0.15) is 0 Å². The third kappa shape index (κ3) is 1.73. The lowest BCUT2D eigenvalue weighted by atomic mass is 9.93. The average Bonchev–Trinajstić information content (AvgIpc) is 3.06. The van der Waals surface area contributed by atoms with Gasteiger partial charge in [0.25, 0.3) is 0 Å². The molecule has 20 heavy (non-hydrogen) atoms. The van der Waals surface area contributed by atoms with E-state index in [0.29, 0.717) is 6.04 Å². The number of hydrogen-bond acceptors (Lipinski definition) is 3. The van der Waals surface area contributed by atoms with Gasteiger partial charge in [0.15, 0.2) is 0 Å². The van der Waals surface area contributed by atoms with E-state index in [1.54, 1.807) is 0 Å². The second-order valence-corrected chi connectivity index (χ2v) is 6.06. The molecule has 1 aromatic heterocycles. The lowest BCUT2D eigenvalue weighted by molar-refractivity contribution is 0.442. The Labute approximate surface area is 120 Å². The van der Waals surface area contributed by atoms with Crippen LogP contribution in [0.25, 0.3) is 10.9 Å². The van der Waals surface area contributed by atoms with Gasteiger partial charge in [-0.05, 0) is 30.4 Å². The van der Waals surface area contributed by atoms with Crippen LogP contribution in [0.5, 0.6) is 0 Å². The molecule has 0 spiro atoms. The van der Waals surface area contributed by atoms with E-state index < -0.39 is 0 Å². The minimum Gasteiger partial charge on any atom is -0.367 e. The Morgan fingerprint density at radius 1 is 1.25 bits per heavy atom. The van der Waals surface area contributed by atoms with E-state index in [1.807, 2.05) is 6.20 Å². The van der Waals surface area contributed by atoms with Crippen LogP contribution in [-0.2, 0) is 0 Å². The number of aromatic nitrogens is 1. The smallest absolute Gasteiger partial charge is 0.0722 e. The number of hydrogen-bond donors (Lipinski definition) is 1. The van der Waals surface area contributed by atoms with Crippen LogP contribution in [0, 0.1) is 11.8 Å². The quantitative estimate of drug-likeness (QED) is 0.906. The summed E-state index contributed by atoms with van der Waals surface area (Å²) in [7, 11) is 0. The van der Waals surface area contributed by atoms with Crippen LogP contribution < -0.4 is 10.2 Å². The summed E-state index contributed by atoms with van der Waals surface area (Å²) in [5.41, 5.74) is 2.48. The first-order chi connectivity index (χ1) is 9.88. The summed E-state index contributed by atoms with van der Waals surface area (Å²) in [5, 5.41) is 4.85. The maximum absolute atomic E-state index is 4.50. The van der Waals surface area contributed by atoms with E-state index >= 15 is 0 Å². The monoisotopic (exact) mass is 267 g/mol. The molecule has 4 rings (SSSR count). The van der Waals surface area contributed by atoms with Crippen molar-refractivity contribution in [3.05, 3.63) is 36.5 Å². The molecule has 0 radical (unpaired) electrons. The zero-order chi connectivity index (χ0) is 13.5. The van der Waals surface area contributed by atoms with E-state index in [1.165, 1.54) is 37.1 Å². The van der Waals surface area contributed by atoms with E-state index in [4.69, 9.17) is 0 Å². The fourth-order valence-electron chi connectivity index (χ4n) is 4.15. The molecule has 3 atom stereocenters. The summed E-state index contributed by atoms with van der Waals surface area (Å²) in [6, 6.07) is 11.4. The van der Waals surface area contributed by atoms with Crippen molar-refractivity contribution in [3.63, 3.8) is 0 Å². The number of nitrogens with one attached hydrogen (secondary N) is 1. The number of para-hydroxylation sites is 1. The highest BCUT2D eigenvalue weighted by atomic mass is 15.2. The zero-order valence-corrected chi connectivity index (χ0v) is 11.9. The van der Waals surface area contributed by atoms with E-state index in [-0.39, 0.29) is 0 Å². The van der Waals surface area contributed by atoms with Crippen LogP contribution >= 0.6 is 0 Å². The SMILES string of the molecule is CCC1C2CNCC2CN1c1ccnc2ccccc12. The molecule has 2 saturated heterocycles. The number of anilines is 1. The van der Waals surface area contributed by atoms with Gasteiger partial charge < -0.3 is 10.2 Å². The third-order valence-electron chi connectivity index (χ3n) is 5.07. The molecule has 104 valence electrons. The number of nitrogens with zero attached hydrogens (tertiary/aromatic N) is 2. The van der Waals surface area contributed by atoms with Gasteiger partial charge in [-0.2, -0.15) is 0 Å². The molecule has 2 aliphatic rings. The molecule has 0 bridgehead atoms. The van der Waals surface area contributed by atoms with Crippen LogP contribution in [0.4, 0.5) is 5.69 Å². The second-order valence-electron chi connectivity index (χ2n) is 6.06. The van der Waals surface area contributed by atoms with Gasteiger partial charge in [-0.3, -0.25) is 4.98 Å². The highest BCUT2D eigenvalue weighted by molar-refractivity contribution is 5.91. The van der Waals surface area contributed by atoms with Gasteiger partial charge in [0, 0.05) is 42.9 Å². The number of rotatable bonds is 2. The topological polar surface area (TPSA) is 28.2 Å². The lowest BCUT2D eigenvalue weighted by Crippen LogP contribution is -2.35. The first-order valence-electron chi connectivity index (χ1n) is 7.69. The second kappa shape index (κ2) is 4.74. The van der Waals surface area contributed by atoms with Gasteiger partial charge in [0.05, 0.1) is 5.52 Å². The Hall–Kier alpha value is -1.61. The number of benzene rings is 1. The van der Waals surface area contributed by atoms with Crippen LogP contribution in [0.15, 0.2) is 36.5 Å². The first kappa shape index (κ1) is 12.2. The predicted octanol–water partition coefficient (Wildman–Crippen LogP) is 2.67. The van der Waals surface area contributed by atoms with E-state index in [9.17, 15) is 0 Å². The maximum Gasteiger partial charge on any atom is 0.0722 e. The molecule has 0 saturated carbocycles. The summed E-state index contributed by atoms with van der Waals surface area (Å²) >= 11 is 0. The van der Waals surface area contributed by atoms with Crippen molar-refractivity contribution in [2.45, 2.75) is 19.4 Å². The Kier molecular flexibility index (Phi) is 2.88. The van der Waals surface area contributed by atoms with Crippen molar-refractivity contribution < 1.29 is 0 Å². The van der Waals surface area contributed by atoms with Gasteiger partial charge in [-0.15, -0.1) is 0 Å². The molecule has 2 aliphatic heterocycles. The van der Waals surface area contributed by atoms with Crippen LogP contribution in [0.3, 0.4) is 0 Å². The van der Waals surface area contributed by atoms with Gasteiger partial charge in [-0.1, -0.05) is 25.1 Å². The standard InChI is InChI=1S/C17H21N3/c1-2-16-14-10-18-9-12(14)11-20(16)17-7-8-19-15-6-4-3-5-13(15)17/h3-8,12,14,16,18H,2,9-11H2,1H3. The van der Waals surface area contributed by atoms with Crippen LogP contribution in [0.1, 0.15) is 13.3 Å². The van der Waals surface area contributed by atoms with E-state index in [0.717, 1.165) is 17.4 Å². The predicted molar refractivity (Wildman–Crippen MR) is 83.0 cm³/mol. The van der Waals surface area contributed by atoms with Crippen molar-refractivity contribution in [1.29, 1.82) is 0 Å². The molecular formula is C17H21N3. The first-order valence-corrected chi connectivity index (χ1v) is 7.69. The largest absolute Gasteiger partial charge is 0.367 e. The summed E-state index contributed by atoms with van der Waals surface area (Å²) in [6.07, 6.45) is 3.18. The van der Waals surface area contributed by atoms with Crippen molar-refractivity contribution in [2.24, 2.45) is 11.8 Å². The summed E-state index contributed by atoms with van der Waals surface area (Å²) in [6.45, 7) is 5.87. The van der Waals surface area contributed by atoms with Gasteiger partial charge in [-0.25, -0.2) is 0 Å². The fourth-order valence-corrected chi connectivity index (χ4v) is 4.15. The summed E-state index contributed by atoms with van der Waals surface area (Å²) < 4.78 is 0. The van der Waals surface area contributed by atoms with Crippen molar-refractivity contribution in [1.82, 2.24) is 10.3 Å². The van der Waals surface area contributed by atoms with Crippen LogP contribution in [-0.4, -0.2) is 30.7 Å².